The molecule has 3 heteroatoms. The third-order valence-electron chi connectivity index (χ3n) is 4.42. The fourth-order valence-electron chi connectivity index (χ4n) is 3.47. The van der Waals surface area contributed by atoms with E-state index in [1.807, 2.05) is 19.1 Å². The molecule has 2 aliphatic carbocycles. The first-order valence-corrected chi connectivity index (χ1v) is 7.92. The largest absolute Gasteiger partial charge is 0.223 e. The molecule has 0 radical (unpaired) electrons. The van der Waals surface area contributed by atoms with Crippen LogP contribution in [-0.4, -0.2) is 13.7 Å². The normalized spacial score (nSPS) is 31.9. The lowest BCUT2D eigenvalue weighted by atomic mass is 10.0. The molecule has 1 aromatic carbocycles. The van der Waals surface area contributed by atoms with Crippen molar-refractivity contribution in [2.24, 2.45) is 11.8 Å². The van der Waals surface area contributed by atoms with Crippen LogP contribution >= 0.6 is 0 Å². The van der Waals surface area contributed by atoms with Gasteiger partial charge < -0.3 is 0 Å². The van der Waals surface area contributed by atoms with Crippen LogP contribution in [0.4, 0.5) is 0 Å². The standard InChI is InChI=1S/C14H18O2S/c1-10-2-6-13(7-3-10)17(15,16)14-9-11-4-5-12(14)8-11/h2-3,6-7,11-12,14H,4-5,8-9H2,1H3/t11-,12+,14-/m1/s1. The SMILES string of the molecule is Cc1ccc(S(=O)(=O)[C@@H]2C[C@@H]3CC[C@H]2C3)cc1. The monoisotopic (exact) mass is 250 g/mol. The molecule has 0 N–H and O–H groups in total. The second-order valence-electron chi connectivity index (χ2n) is 5.57. The Morgan fingerprint density at radius 2 is 1.76 bits per heavy atom. The second-order valence-corrected chi connectivity index (χ2v) is 7.74. The lowest BCUT2D eigenvalue weighted by molar-refractivity contribution is 0.465. The summed E-state index contributed by atoms with van der Waals surface area (Å²) in [6.07, 6.45) is 4.38. The van der Waals surface area contributed by atoms with Crippen LogP contribution in [0.15, 0.2) is 29.2 Å². The van der Waals surface area contributed by atoms with E-state index in [1.54, 1.807) is 12.1 Å². The van der Waals surface area contributed by atoms with E-state index >= 15 is 0 Å². The van der Waals surface area contributed by atoms with Gasteiger partial charge >= 0.3 is 0 Å². The van der Waals surface area contributed by atoms with Gasteiger partial charge in [-0.05, 0) is 50.2 Å². The van der Waals surface area contributed by atoms with E-state index in [0.717, 1.165) is 24.8 Å². The molecule has 0 unspecified atom stereocenters. The minimum Gasteiger partial charge on any atom is -0.223 e. The molecule has 2 saturated carbocycles. The van der Waals surface area contributed by atoms with Crippen molar-refractivity contribution in [3.05, 3.63) is 29.8 Å². The first-order valence-electron chi connectivity index (χ1n) is 6.38. The molecular weight excluding hydrogens is 232 g/mol. The summed E-state index contributed by atoms with van der Waals surface area (Å²) >= 11 is 0. The molecule has 2 nitrogen and oxygen atoms in total. The Balaban J connectivity index is 1.93. The Morgan fingerprint density at radius 1 is 1.06 bits per heavy atom. The van der Waals surface area contributed by atoms with Crippen molar-refractivity contribution in [2.75, 3.05) is 0 Å². The number of sulfone groups is 1. The first-order chi connectivity index (χ1) is 8.07. The van der Waals surface area contributed by atoms with Crippen LogP contribution in [0.3, 0.4) is 0 Å². The maximum absolute atomic E-state index is 12.5. The van der Waals surface area contributed by atoms with E-state index in [4.69, 9.17) is 0 Å². The maximum atomic E-state index is 12.5. The zero-order valence-electron chi connectivity index (χ0n) is 10.1. The highest BCUT2D eigenvalue weighted by Gasteiger charge is 2.46. The Hall–Kier alpha value is -0.830. The molecule has 3 atom stereocenters. The third-order valence-corrected chi connectivity index (χ3v) is 6.73. The Labute approximate surface area is 103 Å². The molecule has 0 amide bonds. The van der Waals surface area contributed by atoms with Crippen molar-refractivity contribution in [1.82, 2.24) is 0 Å². The van der Waals surface area contributed by atoms with E-state index in [1.165, 1.54) is 6.42 Å². The average Bonchev–Trinajstić information content (AvgIpc) is 2.91. The molecule has 2 bridgehead atoms. The number of hydrogen-bond acceptors (Lipinski definition) is 2. The fourth-order valence-corrected chi connectivity index (χ4v) is 5.61. The Bertz CT molecular complexity index is 516. The highest BCUT2D eigenvalue weighted by molar-refractivity contribution is 7.92. The van der Waals surface area contributed by atoms with Gasteiger partial charge in [0.2, 0.25) is 0 Å². The van der Waals surface area contributed by atoms with E-state index in [0.29, 0.717) is 16.7 Å². The number of benzene rings is 1. The first kappa shape index (κ1) is 11.3. The summed E-state index contributed by atoms with van der Waals surface area (Å²) in [5.74, 6) is 1.09. The Morgan fingerprint density at radius 3 is 2.29 bits per heavy atom. The summed E-state index contributed by atoms with van der Waals surface area (Å²) in [6.45, 7) is 1.98. The number of fused-ring (bicyclic) bond motifs is 2. The quantitative estimate of drug-likeness (QED) is 0.808. The van der Waals surface area contributed by atoms with Gasteiger partial charge in [0.05, 0.1) is 10.1 Å². The highest BCUT2D eigenvalue weighted by Crippen LogP contribution is 2.48. The van der Waals surface area contributed by atoms with Crippen LogP contribution < -0.4 is 0 Å². The van der Waals surface area contributed by atoms with Gasteiger partial charge in [-0.25, -0.2) is 8.42 Å². The summed E-state index contributed by atoms with van der Waals surface area (Å²) in [5, 5.41) is -0.107. The van der Waals surface area contributed by atoms with Crippen molar-refractivity contribution in [2.45, 2.75) is 42.8 Å². The molecule has 1 aromatic rings. The summed E-state index contributed by atoms with van der Waals surface area (Å²) < 4.78 is 25.1. The highest BCUT2D eigenvalue weighted by atomic mass is 32.2. The lowest BCUT2D eigenvalue weighted by Gasteiger charge is -2.21. The van der Waals surface area contributed by atoms with Crippen LogP contribution in [0.5, 0.6) is 0 Å². The molecule has 0 heterocycles. The van der Waals surface area contributed by atoms with Gasteiger partial charge in [-0.2, -0.15) is 0 Å². The molecule has 2 aliphatic rings. The topological polar surface area (TPSA) is 34.1 Å². The zero-order chi connectivity index (χ0) is 12.0. The van der Waals surface area contributed by atoms with Gasteiger partial charge in [-0.15, -0.1) is 0 Å². The van der Waals surface area contributed by atoms with E-state index in [-0.39, 0.29) is 5.25 Å². The van der Waals surface area contributed by atoms with Crippen LogP contribution in [-0.2, 0) is 9.84 Å². The van der Waals surface area contributed by atoms with Gasteiger partial charge in [-0.3, -0.25) is 0 Å². The minimum atomic E-state index is -3.09. The lowest BCUT2D eigenvalue weighted by Crippen LogP contribution is -2.27. The third kappa shape index (κ3) is 1.81. The zero-order valence-corrected chi connectivity index (χ0v) is 10.9. The number of aryl methyl sites for hydroxylation is 1. The van der Waals surface area contributed by atoms with Gasteiger partial charge in [0, 0.05) is 0 Å². The summed E-state index contributed by atoms with van der Waals surface area (Å²) in [5.41, 5.74) is 1.11. The molecular formula is C14H18O2S. The van der Waals surface area contributed by atoms with Crippen LogP contribution in [0.1, 0.15) is 31.2 Å². The molecule has 0 spiro atoms. The summed E-state index contributed by atoms with van der Waals surface area (Å²) in [7, 11) is -3.09. The second kappa shape index (κ2) is 3.84. The predicted molar refractivity (Wildman–Crippen MR) is 67.6 cm³/mol. The van der Waals surface area contributed by atoms with Crippen LogP contribution in [0, 0.1) is 18.8 Å². The van der Waals surface area contributed by atoms with Crippen molar-refractivity contribution in [1.29, 1.82) is 0 Å². The molecule has 0 saturated heterocycles. The van der Waals surface area contributed by atoms with E-state index in [2.05, 4.69) is 0 Å². The summed E-state index contributed by atoms with van der Waals surface area (Å²) in [6, 6.07) is 7.30. The van der Waals surface area contributed by atoms with E-state index < -0.39 is 9.84 Å². The van der Waals surface area contributed by atoms with Crippen molar-refractivity contribution < 1.29 is 8.42 Å². The fraction of sp³-hybridized carbons (Fsp3) is 0.571. The Kier molecular flexibility index (Phi) is 2.54. The maximum Gasteiger partial charge on any atom is 0.181 e. The molecule has 3 rings (SSSR count). The molecule has 92 valence electrons. The van der Waals surface area contributed by atoms with Gasteiger partial charge in [-0.1, -0.05) is 24.1 Å². The van der Waals surface area contributed by atoms with Crippen LogP contribution in [0.25, 0.3) is 0 Å². The molecule has 2 fully saturated rings. The van der Waals surface area contributed by atoms with Gasteiger partial charge in [0.1, 0.15) is 0 Å². The van der Waals surface area contributed by atoms with Crippen LogP contribution in [0.2, 0.25) is 0 Å². The minimum absolute atomic E-state index is 0.107. The van der Waals surface area contributed by atoms with Crippen molar-refractivity contribution >= 4 is 9.84 Å². The molecule has 17 heavy (non-hydrogen) atoms. The number of rotatable bonds is 2. The van der Waals surface area contributed by atoms with E-state index in [9.17, 15) is 8.42 Å². The van der Waals surface area contributed by atoms with Crippen molar-refractivity contribution in [3.63, 3.8) is 0 Å². The average molecular weight is 250 g/mol. The number of hydrogen-bond donors (Lipinski definition) is 0. The summed E-state index contributed by atoms with van der Waals surface area (Å²) in [4.78, 5) is 0.514. The molecule has 0 aromatic heterocycles. The van der Waals surface area contributed by atoms with Gasteiger partial charge in [0.25, 0.3) is 0 Å². The predicted octanol–water partition coefficient (Wildman–Crippen LogP) is 2.96. The molecule has 0 aliphatic heterocycles. The van der Waals surface area contributed by atoms with Gasteiger partial charge in [0.15, 0.2) is 9.84 Å². The smallest absolute Gasteiger partial charge is 0.181 e. The van der Waals surface area contributed by atoms with Crippen molar-refractivity contribution in [3.8, 4) is 0 Å².